The Bertz CT molecular complexity index is 3160. The third-order valence-corrected chi connectivity index (χ3v) is 25.3. The van der Waals surface area contributed by atoms with Crippen molar-refractivity contribution in [1.29, 1.82) is 0 Å². The summed E-state index contributed by atoms with van der Waals surface area (Å²) in [5, 5.41) is 4.59. The summed E-state index contributed by atoms with van der Waals surface area (Å²) in [4.78, 5) is 40.4. The monoisotopic (exact) mass is 1320 g/mol. The lowest BCUT2D eigenvalue weighted by Crippen LogP contribution is -2.36. The second-order valence-electron chi connectivity index (χ2n) is 30.3. The molecule has 0 fully saturated rings. The maximum absolute atomic E-state index is 16.1. The number of thiophene rings is 3. The molecule has 0 aliphatic carbocycles. The number of carbonyl (C=O) groups excluding carboxylic acids is 2. The number of unbranched alkanes of at least 4 members (excludes halogenated alkanes) is 25. The van der Waals surface area contributed by atoms with Gasteiger partial charge in [0.1, 0.15) is 0 Å². The maximum atomic E-state index is 16.1. The molecule has 2 amide bonds. The zero-order valence-corrected chi connectivity index (χ0v) is 63.2. The average Bonchev–Trinajstić information content (AvgIpc) is 1.58. The van der Waals surface area contributed by atoms with Crippen molar-refractivity contribution in [2.24, 2.45) is 17.3 Å². The molecular weight excluding hydrogens is 1200 g/mol. The highest BCUT2D eigenvalue weighted by atomic mass is 32.1. The first kappa shape index (κ1) is 75.9. The Hall–Kier alpha value is -3.43. The van der Waals surface area contributed by atoms with Crippen LogP contribution in [0.15, 0.2) is 71.7 Å². The van der Waals surface area contributed by atoms with Gasteiger partial charge in [0.2, 0.25) is 6.41 Å². The van der Waals surface area contributed by atoms with Gasteiger partial charge in [0.25, 0.3) is 5.91 Å². The molecule has 92 heavy (non-hydrogen) atoms. The molecule has 7 rings (SSSR count). The Morgan fingerprint density at radius 2 is 1.11 bits per heavy atom. The number of fused-ring (bicyclic) bond motifs is 4. The number of hydrogen-bond donors (Lipinski definition) is 1. The van der Waals surface area contributed by atoms with Gasteiger partial charge in [0, 0.05) is 47.9 Å². The molecule has 8 heteroatoms. The summed E-state index contributed by atoms with van der Waals surface area (Å²) in [5.41, 5.74) is 3.90. The molecule has 5 aromatic rings. The van der Waals surface area contributed by atoms with Crippen molar-refractivity contribution < 1.29 is 9.59 Å². The number of benzene rings is 2. The van der Waals surface area contributed by atoms with Crippen molar-refractivity contribution in [2.45, 2.75) is 331 Å². The van der Waals surface area contributed by atoms with Crippen LogP contribution in [0.5, 0.6) is 0 Å². The largest absolute Gasteiger partial charge is 0.314 e. The minimum atomic E-state index is 0.0731. The quantitative estimate of drug-likeness (QED) is 0.0245. The maximum Gasteiger partial charge on any atom is 0.260 e. The first-order valence-corrected chi connectivity index (χ1v) is 41.1. The summed E-state index contributed by atoms with van der Waals surface area (Å²) >= 11 is 11.0. The fraction of sp³-hybridized carbons (Fsp3) is 0.667. The minimum Gasteiger partial charge on any atom is -0.314 e. The average molecular weight is 1330 g/mol. The van der Waals surface area contributed by atoms with Crippen molar-refractivity contribution in [3.05, 3.63) is 91.9 Å². The lowest BCUT2D eigenvalue weighted by Gasteiger charge is -2.28. The summed E-state index contributed by atoms with van der Waals surface area (Å²) in [6.45, 7) is 22.2. The lowest BCUT2D eigenvalue weighted by atomic mass is 9.86. The standard InChI is InChI=1S/C84H128N2O2S4/c1-10-13-16-19-22-25-27-32-37-42-48-66(47-41-36-31-24-21-18-15-12-3)62-85(64-87)72-61-71-73-60-70(72)65(4)74(89)51-46-57-84(8,9)56-45-40-35-30-29-34-39-44-50-67(49-43-38-33-28-26-23-20-17-14-11-2)63-86(73)82(88)79(71)76-55-54-75(90-76)77-58-68-52-53-69-59-78(83(5,6)7)92-81(69)80(68)91-77/h46,51-55,57-61,64,66-67,89H,10-45,47-50,56,62-63H2,1-9H3/b57-46+,70-65+,74-51-. The van der Waals surface area contributed by atoms with Crippen LogP contribution in [0.3, 0.4) is 0 Å². The van der Waals surface area contributed by atoms with E-state index in [0.29, 0.717) is 24.9 Å². The van der Waals surface area contributed by atoms with Crippen molar-refractivity contribution in [3.63, 3.8) is 0 Å². The first-order chi connectivity index (χ1) is 44.7. The number of nitrogens with zero attached hydrogens (tertiary/aromatic N) is 2. The molecule has 2 aliphatic rings. The number of hydrogen-bond acceptors (Lipinski definition) is 6. The second-order valence-corrected chi connectivity index (χ2v) is 34.0. The normalized spacial score (nSPS) is 18.3. The topological polar surface area (TPSA) is 40.6 Å². The molecule has 510 valence electrons. The van der Waals surface area contributed by atoms with Gasteiger partial charge < -0.3 is 9.80 Å². The predicted molar refractivity (Wildman–Crippen MR) is 416 cm³/mol. The zero-order chi connectivity index (χ0) is 65.6. The van der Waals surface area contributed by atoms with Crippen molar-refractivity contribution in [3.8, 4) is 9.75 Å². The van der Waals surface area contributed by atoms with Gasteiger partial charge >= 0.3 is 0 Å². The third-order valence-electron chi connectivity index (χ3n) is 20.6. The highest BCUT2D eigenvalue weighted by Crippen LogP contribution is 2.46. The number of amides is 2. The Morgan fingerprint density at radius 3 is 1.67 bits per heavy atom. The molecule has 0 radical (unpaired) electrons. The molecule has 0 saturated carbocycles. The number of rotatable bonds is 37. The molecule has 3 aromatic heterocycles. The van der Waals surface area contributed by atoms with E-state index in [1.54, 1.807) is 11.3 Å². The van der Waals surface area contributed by atoms with Crippen LogP contribution in [0.25, 0.3) is 41.1 Å². The van der Waals surface area contributed by atoms with Crippen LogP contribution in [-0.4, -0.2) is 25.4 Å². The molecule has 0 spiro atoms. The Morgan fingerprint density at radius 1 is 0.598 bits per heavy atom. The smallest absolute Gasteiger partial charge is 0.260 e. The van der Waals surface area contributed by atoms with Crippen molar-refractivity contribution in [2.75, 3.05) is 22.9 Å². The van der Waals surface area contributed by atoms with Crippen molar-refractivity contribution in [1.82, 2.24) is 0 Å². The van der Waals surface area contributed by atoms with Crippen LogP contribution >= 0.6 is 46.6 Å². The van der Waals surface area contributed by atoms with E-state index < -0.39 is 0 Å². The van der Waals surface area contributed by atoms with Crippen LogP contribution in [0.1, 0.15) is 335 Å². The molecule has 5 heterocycles. The highest BCUT2D eigenvalue weighted by Gasteiger charge is 2.34. The van der Waals surface area contributed by atoms with Crippen molar-refractivity contribution >= 4 is 102 Å². The molecule has 4 nitrogen and oxygen atoms in total. The van der Waals surface area contributed by atoms with Gasteiger partial charge in [-0.15, -0.1) is 46.6 Å². The Labute approximate surface area is 579 Å². The Balaban J connectivity index is 1.31. The van der Waals surface area contributed by atoms with Gasteiger partial charge in [-0.25, -0.2) is 0 Å². The second kappa shape index (κ2) is 41.0. The van der Waals surface area contributed by atoms with Gasteiger partial charge in [-0.3, -0.25) is 9.59 Å². The zero-order valence-electron chi connectivity index (χ0n) is 59.9. The van der Waals surface area contributed by atoms with E-state index in [9.17, 15) is 4.79 Å². The van der Waals surface area contributed by atoms with Crippen LogP contribution < -0.4 is 20.2 Å². The van der Waals surface area contributed by atoms with Crippen LogP contribution in [0.4, 0.5) is 11.4 Å². The van der Waals surface area contributed by atoms with E-state index in [4.69, 9.17) is 12.6 Å². The summed E-state index contributed by atoms with van der Waals surface area (Å²) < 4.78 is 2.73. The number of allylic oxidation sites excluding steroid dienone is 4. The van der Waals surface area contributed by atoms with Gasteiger partial charge in [-0.2, -0.15) is 0 Å². The number of anilines is 2. The summed E-state index contributed by atoms with van der Waals surface area (Å²) in [5.74, 6) is 0.901. The fourth-order valence-corrected chi connectivity index (χ4v) is 18.5. The molecule has 2 bridgehead atoms. The van der Waals surface area contributed by atoms with E-state index in [1.165, 1.54) is 272 Å². The summed E-state index contributed by atoms with van der Waals surface area (Å²) in [6, 6.07) is 18.5. The van der Waals surface area contributed by atoms with Crippen LogP contribution in [0, 0.1) is 17.3 Å². The SMILES string of the molecule is CCCCCCCCCCCCC(CCCCCCCCCC)CN(C=O)c1cc2c3c\c1=C(C)/C(S)=C/C=C/C(C)(C)CCCCCCCCCCC(CCCCCCCCCCCC)CN3C(=O)C=2c1ccc(-c2cc3ccc4cc(C(C)(C)C)sc4c3s2)s1. The number of carbonyl (C=O) groups is 2. The fourth-order valence-electron chi connectivity index (χ4n) is 14.6. The van der Waals surface area contributed by atoms with E-state index in [1.807, 2.05) is 22.7 Å². The highest BCUT2D eigenvalue weighted by molar-refractivity contribution is 7.85. The van der Waals surface area contributed by atoms with E-state index in [-0.39, 0.29) is 16.7 Å². The third kappa shape index (κ3) is 24.3. The van der Waals surface area contributed by atoms with Gasteiger partial charge in [0.15, 0.2) is 0 Å². The lowest BCUT2D eigenvalue weighted by molar-refractivity contribution is -0.113. The Kier molecular flexibility index (Phi) is 33.8. The summed E-state index contributed by atoms with van der Waals surface area (Å²) in [7, 11) is 0. The summed E-state index contributed by atoms with van der Waals surface area (Å²) in [6.07, 6.45) is 60.8. The molecular formula is C84H128N2O2S4. The predicted octanol–water partition coefficient (Wildman–Crippen LogP) is 26.5. The molecule has 0 saturated heterocycles. The molecule has 2 unspecified atom stereocenters. The molecule has 0 N–H and O–H groups in total. The first-order valence-electron chi connectivity index (χ1n) is 38.2. The molecule has 2 aliphatic heterocycles. The van der Waals surface area contributed by atoms with Crippen LogP contribution in [0.2, 0.25) is 0 Å². The number of thiol groups is 1. The van der Waals surface area contributed by atoms with Gasteiger partial charge in [-0.1, -0.05) is 311 Å². The molecule has 2 aromatic carbocycles. The molecule has 2 atom stereocenters. The van der Waals surface area contributed by atoms with E-state index >= 15 is 4.79 Å². The van der Waals surface area contributed by atoms with E-state index in [0.717, 1.165) is 74.8 Å². The van der Waals surface area contributed by atoms with Gasteiger partial charge in [-0.05, 0) is 121 Å². The minimum absolute atomic E-state index is 0.0731. The van der Waals surface area contributed by atoms with Crippen LogP contribution in [-0.2, 0) is 15.0 Å². The van der Waals surface area contributed by atoms with Gasteiger partial charge in [0.05, 0.1) is 26.3 Å². The van der Waals surface area contributed by atoms with E-state index in [2.05, 4.69) is 139 Å².